The van der Waals surface area contributed by atoms with Crippen LogP contribution < -0.4 is 27.4 Å². The van der Waals surface area contributed by atoms with Gasteiger partial charge in [0.2, 0.25) is 0 Å². The summed E-state index contributed by atoms with van der Waals surface area (Å²) in [5.74, 6) is 9.65. The summed E-state index contributed by atoms with van der Waals surface area (Å²) in [6.07, 6.45) is 36.9. The number of nitrogens with one attached hydrogen (secondary N) is 5. The van der Waals surface area contributed by atoms with Crippen molar-refractivity contribution in [1.29, 1.82) is 0 Å². The van der Waals surface area contributed by atoms with Crippen LogP contribution in [0.15, 0.2) is 183 Å². The summed E-state index contributed by atoms with van der Waals surface area (Å²) in [5.41, 5.74) is 29.6. The van der Waals surface area contributed by atoms with E-state index in [2.05, 4.69) is 81.9 Å². The number of carbonyl (C=O) groups is 5. The van der Waals surface area contributed by atoms with Gasteiger partial charge in [-0.1, -0.05) is 59.9 Å². The maximum Gasteiger partial charge on any atom is 0.277 e. The molecule has 700 valence electrons. The number of aliphatic hydroxyl groups excluding tert-OH is 4. The number of benzene rings is 5. The summed E-state index contributed by atoms with van der Waals surface area (Å²) in [6, 6.07) is 43.4. The van der Waals surface area contributed by atoms with E-state index in [4.69, 9.17) is 66.5 Å². The standard InChI is InChI=1S/C22H20FN3O2.2C21H20FN3O4.C21H21N3O2.C20H19N3O2/c1-3-14-8-9-16(18(23)11-14)12-19-20(22(27)25-28-13-15-6-7-15)17-5-4-10-24-21(17)26(19)2;2*1-3-13-6-7-14(17(22)9-13)10-18-19(21(28)24-29-12-15(27)11-26)16-5-4-8-23-20(16)25(18)2;1-5-15-9-10-16(14(3)12-15)13-18-19(21(25)23-26-6-2)17-8-7-11-22-20(17)24(18)4;1-5-14-8-9-15(13(2)11-14)12-17-18(20(24)22-25-4)16-7-6-10-21-19(16)23(17)3/h1,4-5,8-11,15H,6-7,12-13H2,2H3,(H,25,27);2*1,4-9,15,26-27H,10-12H2,2H3,(H,24,28);1,7-12H,6,13H2,2-4H3,(H,23,25);1,6-11H,12H2,2-4H3,(H,22,24)/t;2*15-;;/m.10../s1. The molecule has 10 heterocycles. The van der Waals surface area contributed by atoms with Crippen LogP contribution in [0.2, 0.25) is 0 Å². The molecule has 9 N–H and O–H groups in total. The van der Waals surface area contributed by atoms with Crippen LogP contribution in [-0.4, -0.2) is 157 Å². The minimum atomic E-state index is -1.12. The van der Waals surface area contributed by atoms with Crippen LogP contribution in [0.1, 0.15) is 167 Å². The number of pyridine rings is 5. The van der Waals surface area contributed by atoms with Gasteiger partial charge in [-0.25, -0.2) is 65.5 Å². The molecule has 10 aromatic heterocycles. The van der Waals surface area contributed by atoms with Crippen molar-refractivity contribution < 1.29 is 81.8 Å². The van der Waals surface area contributed by atoms with Crippen molar-refractivity contribution in [2.24, 2.45) is 41.2 Å². The molecule has 0 aliphatic heterocycles. The number of amides is 5. The molecule has 0 spiro atoms. The van der Waals surface area contributed by atoms with Crippen LogP contribution in [0.25, 0.3) is 55.2 Å². The second kappa shape index (κ2) is 46.7. The molecule has 32 heteroatoms. The van der Waals surface area contributed by atoms with Crippen molar-refractivity contribution in [3.8, 4) is 61.7 Å². The molecule has 1 aliphatic carbocycles. The molecule has 29 nitrogen and oxygen atoms in total. The number of aryl methyl sites for hydroxylation is 7. The van der Waals surface area contributed by atoms with Crippen molar-refractivity contribution in [3.63, 3.8) is 0 Å². The number of halogens is 3. The highest BCUT2D eigenvalue weighted by molar-refractivity contribution is 6.11. The number of hydrogen-bond donors (Lipinski definition) is 9. The van der Waals surface area contributed by atoms with E-state index in [1.165, 1.54) is 25.3 Å². The Morgan fingerprint density at radius 2 is 0.635 bits per heavy atom. The molecule has 15 aromatic rings. The molecule has 0 saturated heterocycles. The summed E-state index contributed by atoms with van der Waals surface area (Å²) >= 11 is 0. The number of aliphatic hydroxyl groups is 4. The molecule has 1 fully saturated rings. The van der Waals surface area contributed by atoms with Crippen LogP contribution >= 0.6 is 0 Å². The van der Waals surface area contributed by atoms with Crippen LogP contribution in [0.4, 0.5) is 13.2 Å². The highest BCUT2D eigenvalue weighted by Gasteiger charge is 2.31. The van der Waals surface area contributed by atoms with E-state index in [1.54, 1.807) is 121 Å². The summed E-state index contributed by atoms with van der Waals surface area (Å²) in [6.45, 7) is 5.23. The van der Waals surface area contributed by atoms with Gasteiger partial charge in [0, 0.05) is 182 Å². The van der Waals surface area contributed by atoms with Crippen molar-refractivity contribution in [2.45, 2.75) is 77.9 Å². The van der Waals surface area contributed by atoms with Crippen LogP contribution in [0, 0.1) is 98.9 Å². The fraction of sp³-hybridized carbons (Fsp3) is 0.238. The minimum Gasteiger partial charge on any atom is -0.394 e. The Balaban J connectivity index is 0.000000154. The lowest BCUT2D eigenvalue weighted by molar-refractivity contribution is -0.0296. The average Bonchev–Trinajstić information content (AvgIpc) is 1.63. The predicted molar refractivity (Wildman–Crippen MR) is 512 cm³/mol. The second-order valence-corrected chi connectivity index (χ2v) is 31.9. The Labute approximate surface area is 788 Å². The van der Waals surface area contributed by atoms with Gasteiger partial charge in [-0.3, -0.25) is 48.2 Å². The molecule has 1 aliphatic rings. The first kappa shape index (κ1) is 100. The van der Waals surface area contributed by atoms with Crippen molar-refractivity contribution in [2.75, 3.05) is 46.8 Å². The molecule has 0 bridgehead atoms. The zero-order valence-corrected chi connectivity index (χ0v) is 76.6. The molecule has 2 atom stereocenters. The number of fused-ring (bicyclic) bond motifs is 5. The Morgan fingerprint density at radius 3 is 0.876 bits per heavy atom. The van der Waals surface area contributed by atoms with E-state index in [-0.39, 0.29) is 61.3 Å². The lowest BCUT2D eigenvalue weighted by Crippen LogP contribution is -2.30. The van der Waals surface area contributed by atoms with Gasteiger partial charge in [-0.2, -0.15) is 0 Å². The fourth-order valence-electron chi connectivity index (χ4n) is 15.6. The third kappa shape index (κ3) is 23.7. The van der Waals surface area contributed by atoms with E-state index in [9.17, 15) is 47.4 Å². The molecule has 5 aromatic carbocycles. The number of carbonyl (C=O) groups excluding carboxylic acids is 5. The molecule has 0 radical (unpaired) electrons. The quantitative estimate of drug-likeness (QED) is 0.0155. The number of hydrogen-bond acceptors (Lipinski definition) is 19. The van der Waals surface area contributed by atoms with E-state index < -0.39 is 54.7 Å². The predicted octanol–water partition coefficient (Wildman–Crippen LogP) is 11.8. The highest BCUT2D eigenvalue weighted by Crippen LogP contribution is 2.35. The Hall–Kier alpha value is -15.9. The molecule has 137 heavy (non-hydrogen) atoms. The lowest BCUT2D eigenvalue weighted by Gasteiger charge is -2.11. The minimum absolute atomic E-state index is 0.131. The molecule has 16 rings (SSSR count). The smallest absolute Gasteiger partial charge is 0.277 e. The topological polar surface area (TPSA) is 362 Å². The zero-order chi connectivity index (χ0) is 98.3. The number of nitrogens with zero attached hydrogens (tertiary/aromatic N) is 10. The van der Waals surface area contributed by atoms with Crippen molar-refractivity contribution in [1.82, 2.24) is 75.2 Å². The third-order valence-electron chi connectivity index (χ3n) is 22.9. The Kier molecular flexibility index (Phi) is 34.1. The summed E-state index contributed by atoms with van der Waals surface area (Å²) in [7, 11) is 10.6. The maximum absolute atomic E-state index is 14.5. The zero-order valence-electron chi connectivity index (χ0n) is 76.6. The van der Waals surface area contributed by atoms with E-state index in [0.29, 0.717) is 132 Å². The largest absolute Gasteiger partial charge is 0.394 e. The van der Waals surface area contributed by atoms with E-state index >= 15 is 0 Å². The van der Waals surface area contributed by atoms with Gasteiger partial charge < -0.3 is 43.3 Å². The number of hydroxylamine groups is 5. The van der Waals surface area contributed by atoms with Gasteiger partial charge in [-0.15, -0.1) is 32.1 Å². The van der Waals surface area contributed by atoms with Crippen molar-refractivity contribution in [3.05, 3.63) is 323 Å². The molecule has 0 unspecified atom stereocenters. The van der Waals surface area contributed by atoms with Crippen LogP contribution in [0.5, 0.6) is 0 Å². The second-order valence-electron chi connectivity index (χ2n) is 31.9. The fourth-order valence-corrected chi connectivity index (χ4v) is 15.6. The van der Waals surface area contributed by atoms with E-state index in [0.717, 1.165) is 79.7 Å². The maximum atomic E-state index is 14.5. The first-order valence-corrected chi connectivity index (χ1v) is 43.2. The SMILES string of the molecule is C#Cc1ccc(Cc2c(C(=O)NOC)c3cccnc3n2C)c(C)c1.C#Cc1ccc(Cc2c(C(=O)NOCC)c3cccnc3n2C)c(C)c1.C#Cc1ccc(Cc2c(C(=O)NOCC3CC3)c3cccnc3n2C)c(F)c1.C#Cc1ccc(Cc2c(C(=O)NOC[C@@H](O)CO)c3cccnc3n2C)c(F)c1.C#Cc1ccc(Cc2c(C(=O)NOC[C@H](O)CO)c3cccnc3n2C)c(F)c1. The first-order valence-electron chi connectivity index (χ1n) is 43.2. The highest BCUT2D eigenvalue weighted by atomic mass is 19.1. The van der Waals surface area contributed by atoms with Crippen molar-refractivity contribution >= 4 is 84.7 Å². The number of rotatable bonds is 29. The van der Waals surface area contributed by atoms with E-state index in [1.807, 2.05) is 122 Å². The van der Waals surface area contributed by atoms with Crippen LogP contribution in [-0.2, 0) is 91.5 Å². The summed E-state index contributed by atoms with van der Waals surface area (Å²) in [4.78, 5) is 111. The lowest BCUT2D eigenvalue weighted by atomic mass is 9.99. The Bertz CT molecular complexity index is 7080. The number of terminal acetylenes is 5. The van der Waals surface area contributed by atoms with Gasteiger partial charge in [0.15, 0.2) is 0 Å². The summed E-state index contributed by atoms with van der Waals surface area (Å²) < 4.78 is 52.6. The average molecular weight is 1850 g/mol. The first-order chi connectivity index (χ1) is 66.1. The third-order valence-corrected chi connectivity index (χ3v) is 22.9. The molecular formula is C105H100F3N15O14. The van der Waals surface area contributed by atoms with Gasteiger partial charge in [0.25, 0.3) is 29.5 Å². The molecular weight excluding hydrogens is 1750 g/mol. The van der Waals surface area contributed by atoms with Crippen LogP contribution in [0.3, 0.4) is 0 Å². The van der Waals surface area contributed by atoms with Gasteiger partial charge in [-0.05, 0) is 200 Å². The summed E-state index contributed by atoms with van der Waals surface area (Å²) in [5, 5.41) is 39.8. The Morgan fingerprint density at radius 1 is 0.387 bits per heavy atom. The monoisotopic (exact) mass is 1850 g/mol. The number of aromatic nitrogens is 10. The van der Waals surface area contributed by atoms with Gasteiger partial charge >= 0.3 is 0 Å². The molecule has 5 amide bonds. The van der Waals surface area contributed by atoms with Gasteiger partial charge in [0.1, 0.15) is 71.1 Å². The van der Waals surface area contributed by atoms with Gasteiger partial charge in [0.05, 0.1) is 61.4 Å². The normalized spacial score (nSPS) is 11.8. The molecule has 1 saturated carbocycles.